The Hall–Kier alpha value is -1.32. The summed E-state index contributed by atoms with van der Waals surface area (Å²) in [6, 6.07) is 4.47. The number of hydrogen-bond donors (Lipinski definition) is 0. The first-order chi connectivity index (χ1) is 7.89. The van der Waals surface area contributed by atoms with Gasteiger partial charge in [-0.2, -0.15) is 13.2 Å². The molecule has 1 aliphatic rings. The van der Waals surface area contributed by atoms with Gasteiger partial charge in [-0.25, -0.2) is 0 Å². The zero-order valence-corrected chi connectivity index (χ0v) is 9.42. The lowest BCUT2D eigenvalue weighted by Gasteiger charge is -2.10. The van der Waals surface area contributed by atoms with Gasteiger partial charge in [-0.1, -0.05) is 19.1 Å². The lowest BCUT2D eigenvalue weighted by molar-refractivity contribution is -0.137. The van der Waals surface area contributed by atoms with Crippen molar-refractivity contribution in [3.8, 4) is 0 Å². The highest BCUT2D eigenvalue weighted by Gasteiger charge is 2.34. The van der Waals surface area contributed by atoms with Crippen molar-refractivity contribution in [1.82, 2.24) is 0 Å². The number of halogens is 3. The molecule has 0 saturated heterocycles. The van der Waals surface area contributed by atoms with Gasteiger partial charge in [-0.05, 0) is 30.9 Å². The average molecular weight is 242 g/mol. The van der Waals surface area contributed by atoms with Crippen molar-refractivity contribution in [1.29, 1.82) is 0 Å². The molecule has 92 valence electrons. The highest BCUT2D eigenvalue weighted by molar-refractivity contribution is 5.98. The Labute approximate surface area is 97.6 Å². The van der Waals surface area contributed by atoms with Crippen molar-refractivity contribution < 1.29 is 18.0 Å². The molecule has 1 nitrogen and oxygen atoms in total. The molecule has 0 bridgehead atoms. The number of ketones is 1. The van der Waals surface area contributed by atoms with Gasteiger partial charge in [-0.15, -0.1) is 0 Å². The van der Waals surface area contributed by atoms with Crippen LogP contribution < -0.4 is 0 Å². The maximum atomic E-state index is 12.3. The Bertz CT molecular complexity index is 415. The second-order valence-electron chi connectivity index (χ2n) is 4.57. The molecule has 17 heavy (non-hydrogen) atoms. The van der Waals surface area contributed by atoms with Gasteiger partial charge < -0.3 is 0 Å². The standard InChI is InChI=1S/C13H13F3O/c1-8(9-2-3-9)12(17)10-4-6-11(7-5-10)13(14,15)16/h4-9H,2-3H2,1H3. The number of carbonyl (C=O) groups is 1. The van der Waals surface area contributed by atoms with E-state index in [4.69, 9.17) is 0 Å². The summed E-state index contributed by atoms with van der Waals surface area (Å²) in [7, 11) is 0. The van der Waals surface area contributed by atoms with E-state index in [0.717, 1.165) is 25.0 Å². The Morgan fingerprint density at radius 1 is 1.24 bits per heavy atom. The number of rotatable bonds is 3. The molecule has 1 unspecified atom stereocenters. The van der Waals surface area contributed by atoms with Crippen molar-refractivity contribution in [3.05, 3.63) is 35.4 Å². The predicted octanol–water partition coefficient (Wildman–Crippen LogP) is 3.93. The van der Waals surface area contributed by atoms with Crippen LogP contribution in [0.2, 0.25) is 0 Å². The lowest BCUT2D eigenvalue weighted by atomic mass is 9.94. The van der Waals surface area contributed by atoms with E-state index < -0.39 is 11.7 Å². The van der Waals surface area contributed by atoms with Gasteiger partial charge >= 0.3 is 6.18 Å². The second kappa shape index (κ2) is 4.17. The van der Waals surface area contributed by atoms with Crippen LogP contribution in [-0.2, 0) is 6.18 Å². The van der Waals surface area contributed by atoms with Crippen molar-refractivity contribution in [3.63, 3.8) is 0 Å². The summed E-state index contributed by atoms with van der Waals surface area (Å²) in [6.45, 7) is 1.84. The summed E-state index contributed by atoms with van der Waals surface area (Å²) < 4.78 is 37.0. The molecule has 2 rings (SSSR count). The van der Waals surface area contributed by atoms with Gasteiger partial charge in [-0.3, -0.25) is 4.79 Å². The number of hydrogen-bond acceptors (Lipinski definition) is 1. The maximum Gasteiger partial charge on any atom is 0.416 e. The van der Waals surface area contributed by atoms with Crippen LogP contribution in [0.15, 0.2) is 24.3 Å². The first-order valence-corrected chi connectivity index (χ1v) is 5.61. The third-order valence-corrected chi connectivity index (χ3v) is 3.24. The van der Waals surface area contributed by atoms with Gasteiger partial charge in [0.25, 0.3) is 0 Å². The van der Waals surface area contributed by atoms with Crippen LogP contribution in [0.1, 0.15) is 35.7 Å². The summed E-state index contributed by atoms with van der Waals surface area (Å²) in [5.74, 6) is 0.290. The molecule has 1 saturated carbocycles. The lowest BCUT2D eigenvalue weighted by Crippen LogP contribution is -2.13. The third kappa shape index (κ3) is 2.68. The smallest absolute Gasteiger partial charge is 0.294 e. The van der Waals surface area contributed by atoms with Crippen LogP contribution in [0.25, 0.3) is 0 Å². The summed E-state index contributed by atoms with van der Waals surface area (Å²) in [4.78, 5) is 11.9. The van der Waals surface area contributed by atoms with Gasteiger partial charge in [0.1, 0.15) is 0 Å². The Morgan fingerprint density at radius 2 is 1.76 bits per heavy atom. The molecule has 1 aliphatic carbocycles. The quantitative estimate of drug-likeness (QED) is 0.734. The topological polar surface area (TPSA) is 17.1 Å². The maximum absolute atomic E-state index is 12.3. The van der Waals surface area contributed by atoms with Crippen LogP contribution >= 0.6 is 0 Å². The molecule has 1 atom stereocenters. The SMILES string of the molecule is CC(C(=O)c1ccc(C(F)(F)F)cc1)C1CC1. The monoisotopic (exact) mass is 242 g/mol. The van der Waals surface area contributed by atoms with E-state index in [1.165, 1.54) is 12.1 Å². The molecule has 1 fully saturated rings. The van der Waals surface area contributed by atoms with Crippen LogP contribution in [0.3, 0.4) is 0 Å². The molecular formula is C13H13F3O. The fourth-order valence-electron chi connectivity index (χ4n) is 1.90. The van der Waals surface area contributed by atoms with Gasteiger partial charge in [0.2, 0.25) is 0 Å². The number of benzene rings is 1. The van der Waals surface area contributed by atoms with E-state index in [2.05, 4.69) is 0 Å². The van der Waals surface area contributed by atoms with E-state index >= 15 is 0 Å². The second-order valence-corrected chi connectivity index (χ2v) is 4.57. The van der Waals surface area contributed by atoms with Gasteiger partial charge in [0.05, 0.1) is 5.56 Å². The summed E-state index contributed by atoms with van der Waals surface area (Å²) in [5, 5.41) is 0. The van der Waals surface area contributed by atoms with Crippen molar-refractivity contribution in [2.45, 2.75) is 25.9 Å². The molecule has 0 aliphatic heterocycles. The van der Waals surface area contributed by atoms with Gasteiger partial charge in [0.15, 0.2) is 5.78 Å². The normalized spacial score (nSPS) is 17.9. The molecule has 0 radical (unpaired) electrons. The highest BCUT2D eigenvalue weighted by Crippen LogP contribution is 2.38. The van der Waals surface area contributed by atoms with Crippen molar-refractivity contribution in [2.24, 2.45) is 11.8 Å². The molecular weight excluding hydrogens is 229 g/mol. The molecule has 0 spiro atoms. The summed E-state index contributed by atoms with van der Waals surface area (Å²) in [5.41, 5.74) is -0.342. The number of alkyl halides is 3. The minimum Gasteiger partial charge on any atom is -0.294 e. The average Bonchev–Trinajstić information content (AvgIpc) is 3.10. The third-order valence-electron chi connectivity index (χ3n) is 3.24. The first-order valence-electron chi connectivity index (χ1n) is 5.61. The fraction of sp³-hybridized carbons (Fsp3) is 0.462. The van der Waals surface area contributed by atoms with Crippen LogP contribution in [0, 0.1) is 11.8 Å². The van der Waals surface area contributed by atoms with E-state index in [-0.39, 0.29) is 11.7 Å². The predicted molar refractivity (Wildman–Crippen MR) is 57.7 cm³/mol. The molecule has 4 heteroatoms. The van der Waals surface area contributed by atoms with E-state index in [9.17, 15) is 18.0 Å². The molecule has 0 N–H and O–H groups in total. The van der Waals surface area contributed by atoms with E-state index in [0.29, 0.717) is 11.5 Å². The number of carbonyl (C=O) groups excluding carboxylic acids is 1. The summed E-state index contributed by atoms with van der Waals surface area (Å²) >= 11 is 0. The van der Waals surface area contributed by atoms with Crippen molar-refractivity contribution in [2.75, 3.05) is 0 Å². The Morgan fingerprint density at radius 3 is 2.18 bits per heavy atom. The Kier molecular flexibility index (Phi) is 2.98. The van der Waals surface area contributed by atoms with Crippen molar-refractivity contribution >= 4 is 5.78 Å². The van der Waals surface area contributed by atoms with Crippen LogP contribution in [0.4, 0.5) is 13.2 Å². The first kappa shape index (κ1) is 12.1. The molecule has 0 heterocycles. The largest absolute Gasteiger partial charge is 0.416 e. The van der Waals surface area contributed by atoms with E-state index in [1.54, 1.807) is 0 Å². The minimum absolute atomic E-state index is 0.0544. The fourth-order valence-corrected chi connectivity index (χ4v) is 1.90. The molecule has 1 aromatic carbocycles. The van der Waals surface area contributed by atoms with Crippen LogP contribution in [0.5, 0.6) is 0 Å². The zero-order chi connectivity index (χ0) is 12.6. The summed E-state index contributed by atoms with van der Waals surface area (Å²) in [6.07, 6.45) is -2.25. The molecule has 0 amide bonds. The van der Waals surface area contributed by atoms with Crippen LogP contribution in [-0.4, -0.2) is 5.78 Å². The van der Waals surface area contributed by atoms with E-state index in [1.807, 2.05) is 6.92 Å². The molecule has 0 aromatic heterocycles. The Balaban J connectivity index is 2.14. The van der Waals surface area contributed by atoms with Gasteiger partial charge in [0, 0.05) is 11.5 Å². The number of Topliss-reactive ketones (excluding diaryl/α,β-unsaturated/α-hetero) is 1. The minimum atomic E-state index is -4.34. The highest BCUT2D eigenvalue weighted by atomic mass is 19.4. The molecule has 1 aromatic rings. The zero-order valence-electron chi connectivity index (χ0n) is 9.42.